The van der Waals surface area contributed by atoms with Crippen molar-refractivity contribution >= 4 is 29.3 Å². The summed E-state index contributed by atoms with van der Waals surface area (Å²) in [5, 5.41) is 6.85. The van der Waals surface area contributed by atoms with Crippen molar-refractivity contribution in [2.75, 3.05) is 5.32 Å². The van der Waals surface area contributed by atoms with Crippen LogP contribution in [-0.2, 0) is 9.59 Å². The van der Waals surface area contributed by atoms with E-state index >= 15 is 0 Å². The van der Waals surface area contributed by atoms with Gasteiger partial charge in [0.05, 0.1) is 17.8 Å². The van der Waals surface area contributed by atoms with Gasteiger partial charge in [-0.1, -0.05) is 6.07 Å². The predicted octanol–water partition coefficient (Wildman–Crippen LogP) is 2.99. The van der Waals surface area contributed by atoms with Gasteiger partial charge in [-0.15, -0.1) is 0 Å². The summed E-state index contributed by atoms with van der Waals surface area (Å²) in [7, 11) is 0. The number of benzene rings is 1. The first kappa shape index (κ1) is 25.8. The molecule has 1 fully saturated rings. The highest BCUT2D eigenvalue weighted by Crippen LogP contribution is 2.22. The second kappa shape index (κ2) is 10.6. The van der Waals surface area contributed by atoms with Crippen LogP contribution in [0.2, 0.25) is 0 Å². The fourth-order valence-corrected chi connectivity index (χ4v) is 3.07. The number of halogens is 4. The van der Waals surface area contributed by atoms with Gasteiger partial charge >= 0.3 is 0 Å². The third kappa shape index (κ3) is 7.59. The molecule has 1 aliphatic carbocycles. The van der Waals surface area contributed by atoms with E-state index < -0.39 is 71.3 Å². The molecule has 0 spiro atoms. The minimum atomic E-state index is -3.18. The smallest absolute Gasteiger partial charge is 0.289 e. The average molecular weight is 494 g/mol. The molecule has 186 valence electrons. The number of rotatable bonds is 10. The van der Waals surface area contributed by atoms with E-state index in [9.17, 15) is 36.7 Å². The molecule has 0 bridgehead atoms. The first-order valence-electron chi connectivity index (χ1n) is 10.7. The van der Waals surface area contributed by atoms with Crippen molar-refractivity contribution in [3.63, 3.8) is 0 Å². The Balaban J connectivity index is 1.81. The number of hydrogen-bond donors (Lipinski definition) is 3. The zero-order chi connectivity index (χ0) is 25.8. The molecule has 1 heterocycles. The highest BCUT2D eigenvalue weighted by molar-refractivity contribution is 6.38. The standard InChI is InChI=1S/C23H22F4N4O4/c1-23(26,27)8-7-17(18(32)22(35)29-15-5-6-15)30-21(34)16-10-14(25)11-28-19(16)31-20(33)12-3-2-4-13(24)9-12/h2-4,9-11,15,17H,5-8H2,1H3,(H,29,35)(H,30,34)(H,28,31,33)/t17-/m0/s1. The SMILES string of the molecule is CC(F)(F)CC[C@H](NC(=O)c1cc(F)cnc1NC(=O)c1cccc(F)c1)C(=O)C(=O)NC1CC1. The van der Waals surface area contributed by atoms with E-state index in [2.05, 4.69) is 20.9 Å². The van der Waals surface area contributed by atoms with Crippen molar-refractivity contribution < 1.29 is 36.7 Å². The Kier molecular flexibility index (Phi) is 7.82. The Morgan fingerprint density at radius 1 is 1.09 bits per heavy atom. The van der Waals surface area contributed by atoms with Gasteiger partial charge in [-0.2, -0.15) is 0 Å². The molecule has 1 aromatic heterocycles. The van der Waals surface area contributed by atoms with Crippen LogP contribution in [0.5, 0.6) is 0 Å². The molecule has 1 aliphatic rings. The summed E-state index contributed by atoms with van der Waals surface area (Å²) in [6, 6.07) is 3.50. The molecule has 2 aromatic rings. The van der Waals surface area contributed by atoms with Gasteiger partial charge in [0.25, 0.3) is 17.7 Å². The van der Waals surface area contributed by atoms with Crippen LogP contribution >= 0.6 is 0 Å². The number of amides is 3. The van der Waals surface area contributed by atoms with Crippen molar-refractivity contribution in [1.29, 1.82) is 0 Å². The predicted molar refractivity (Wildman–Crippen MR) is 116 cm³/mol. The summed E-state index contributed by atoms with van der Waals surface area (Å²) in [5.41, 5.74) is -0.643. The third-order valence-corrected chi connectivity index (χ3v) is 5.05. The second-order valence-corrected chi connectivity index (χ2v) is 8.26. The fraction of sp³-hybridized carbons (Fsp3) is 0.348. The molecule has 0 aliphatic heterocycles. The quantitative estimate of drug-likeness (QED) is 0.347. The molecule has 0 saturated heterocycles. The van der Waals surface area contributed by atoms with Crippen LogP contribution in [0.4, 0.5) is 23.4 Å². The van der Waals surface area contributed by atoms with Crippen LogP contribution < -0.4 is 16.0 Å². The van der Waals surface area contributed by atoms with E-state index in [1.54, 1.807) is 0 Å². The number of nitrogens with zero attached hydrogens (tertiary/aromatic N) is 1. The van der Waals surface area contributed by atoms with Gasteiger partial charge in [0.15, 0.2) is 0 Å². The second-order valence-electron chi connectivity index (χ2n) is 8.26. The van der Waals surface area contributed by atoms with Crippen LogP contribution in [0.15, 0.2) is 36.5 Å². The number of ketones is 1. The van der Waals surface area contributed by atoms with Crippen molar-refractivity contribution in [3.8, 4) is 0 Å². The Bertz CT molecular complexity index is 1150. The summed E-state index contributed by atoms with van der Waals surface area (Å²) in [5.74, 6) is -9.43. The van der Waals surface area contributed by atoms with Crippen molar-refractivity contribution in [3.05, 3.63) is 59.3 Å². The first-order chi connectivity index (χ1) is 16.4. The van der Waals surface area contributed by atoms with E-state index in [0.29, 0.717) is 32.0 Å². The van der Waals surface area contributed by atoms with Gasteiger partial charge in [-0.05, 0) is 50.5 Å². The number of anilines is 1. The molecular formula is C23H22F4N4O4. The number of carbonyl (C=O) groups excluding carboxylic acids is 4. The minimum absolute atomic E-state index is 0.113. The van der Waals surface area contributed by atoms with E-state index in [1.165, 1.54) is 12.1 Å². The maximum atomic E-state index is 13.9. The van der Waals surface area contributed by atoms with Crippen LogP contribution in [-0.4, -0.2) is 46.5 Å². The molecular weight excluding hydrogens is 472 g/mol. The molecule has 0 radical (unpaired) electrons. The third-order valence-electron chi connectivity index (χ3n) is 5.05. The van der Waals surface area contributed by atoms with Crippen molar-refractivity contribution in [1.82, 2.24) is 15.6 Å². The lowest BCUT2D eigenvalue weighted by Crippen LogP contribution is -2.48. The molecule has 3 N–H and O–H groups in total. The summed E-state index contributed by atoms with van der Waals surface area (Å²) in [6.07, 6.45) is 0.672. The molecule has 3 amide bonds. The maximum Gasteiger partial charge on any atom is 0.289 e. The van der Waals surface area contributed by atoms with Gasteiger partial charge in [0.2, 0.25) is 11.7 Å². The maximum absolute atomic E-state index is 13.9. The van der Waals surface area contributed by atoms with Crippen LogP contribution in [0.25, 0.3) is 0 Å². The number of aromatic nitrogens is 1. The lowest BCUT2D eigenvalue weighted by Gasteiger charge is -2.20. The van der Waals surface area contributed by atoms with Crippen LogP contribution in [0.1, 0.15) is 53.3 Å². The molecule has 1 atom stereocenters. The normalized spacial score (nSPS) is 14.1. The molecule has 12 heteroatoms. The number of Topliss-reactive ketones (excluding diaryl/α,β-unsaturated/α-hetero) is 1. The number of alkyl halides is 2. The highest BCUT2D eigenvalue weighted by Gasteiger charge is 2.34. The molecule has 3 rings (SSSR count). The van der Waals surface area contributed by atoms with Gasteiger partial charge in [0, 0.05) is 18.0 Å². The number of carbonyl (C=O) groups is 4. The zero-order valence-corrected chi connectivity index (χ0v) is 18.5. The van der Waals surface area contributed by atoms with Gasteiger partial charge in [-0.25, -0.2) is 22.5 Å². The number of hydrogen-bond acceptors (Lipinski definition) is 5. The van der Waals surface area contributed by atoms with E-state index in [1.807, 2.05) is 0 Å². The average Bonchev–Trinajstić information content (AvgIpc) is 3.60. The summed E-state index contributed by atoms with van der Waals surface area (Å²) < 4.78 is 54.1. The topological polar surface area (TPSA) is 117 Å². The highest BCUT2D eigenvalue weighted by atomic mass is 19.3. The zero-order valence-electron chi connectivity index (χ0n) is 18.5. The lowest BCUT2D eigenvalue weighted by molar-refractivity contribution is -0.139. The van der Waals surface area contributed by atoms with Gasteiger partial charge in [0.1, 0.15) is 17.5 Å². The van der Waals surface area contributed by atoms with E-state index in [0.717, 1.165) is 12.1 Å². The van der Waals surface area contributed by atoms with Crippen molar-refractivity contribution in [2.24, 2.45) is 0 Å². The van der Waals surface area contributed by atoms with Crippen LogP contribution in [0.3, 0.4) is 0 Å². The minimum Gasteiger partial charge on any atom is -0.347 e. The van der Waals surface area contributed by atoms with Gasteiger partial charge < -0.3 is 16.0 Å². The van der Waals surface area contributed by atoms with E-state index in [-0.39, 0.29) is 11.6 Å². The van der Waals surface area contributed by atoms with Crippen LogP contribution in [0, 0.1) is 11.6 Å². The Morgan fingerprint density at radius 3 is 2.43 bits per heavy atom. The summed E-state index contributed by atoms with van der Waals surface area (Å²) >= 11 is 0. The molecule has 1 saturated carbocycles. The molecule has 1 aromatic carbocycles. The molecule has 8 nitrogen and oxygen atoms in total. The van der Waals surface area contributed by atoms with Crippen molar-refractivity contribution in [2.45, 2.75) is 50.6 Å². The molecule has 0 unspecified atom stereocenters. The number of pyridine rings is 1. The Morgan fingerprint density at radius 2 is 1.80 bits per heavy atom. The Labute approximate surface area is 197 Å². The van der Waals surface area contributed by atoms with Gasteiger partial charge in [-0.3, -0.25) is 19.2 Å². The monoisotopic (exact) mass is 494 g/mol. The summed E-state index contributed by atoms with van der Waals surface area (Å²) in [6.45, 7) is 0.622. The largest absolute Gasteiger partial charge is 0.347 e. The fourth-order valence-electron chi connectivity index (χ4n) is 3.07. The Hall–Kier alpha value is -3.83. The molecule has 35 heavy (non-hydrogen) atoms. The van der Waals surface area contributed by atoms with E-state index in [4.69, 9.17) is 0 Å². The number of nitrogens with one attached hydrogen (secondary N) is 3. The lowest BCUT2D eigenvalue weighted by atomic mass is 10.0. The summed E-state index contributed by atoms with van der Waals surface area (Å²) in [4.78, 5) is 53.7. The first-order valence-corrected chi connectivity index (χ1v) is 10.7.